The van der Waals surface area contributed by atoms with E-state index in [0.29, 0.717) is 13.2 Å². The van der Waals surface area contributed by atoms with Gasteiger partial charge in [0.25, 0.3) is 5.91 Å². The maximum absolute atomic E-state index is 13.4. The fourth-order valence-electron chi connectivity index (χ4n) is 3.78. The lowest BCUT2D eigenvalue weighted by molar-refractivity contribution is 0.0361. The minimum atomic E-state index is -0.541. The van der Waals surface area contributed by atoms with Crippen LogP contribution in [0.15, 0.2) is 54.6 Å². The van der Waals surface area contributed by atoms with E-state index in [-0.39, 0.29) is 5.91 Å². The van der Waals surface area contributed by atoms with Crippen LogP contribution in [0.5, 0.6) is 0 Å². The van der Waals surface area contributed by atoms with Crippen molar-refractivity contribution in [2.24, 2.45) is 0 Å². The Labute approximate surface area is 156 Å². The van der Waals surface area contributed by atoms with Crippen molar-refractivity contribution in [2.45, 2.75) is 38.3 Å². The third-order valence-corrected chi connectivity index (χ3v) is 5.12. The van der Waals surface area contributed by atoms with E-state index in [1.165, 1.54) is 0 Å². The zero-order valence-electron chi connectivity index (χ0n) is 15.7. The molecule has 3 rings (SSSR count). The number of rotatable bonds is 8. The van der Waals surface area contributed by atoms with Crippen molar-refractivity contribution in [1.29, 1.82) is 0 Å². The number of carbonyl (C=O) groups is 1. The third kappa shape index (κ3) is 3.47. The maximum atomic E-state index is 13.4. The van der Waals surface area contributed by atoms with E-state index in [4.69, 9.17) is 4.74 Å². The summed E-state index contributed by atoms with van der Waals surface area (Å²) in [7, 11) is 1.68. The molecule has 0 saturated heterocycles. The van der Waals surface area contributed by atoms with Gasteiger partial charge in [-0.15, -0.1) is 0 Å². The SMILES string of the molecule is CCCCCC1(c2ccccc2)Nc2ccccc2C(=O)N1CCOC. The molecular formula is C22H28N2O2. The number of nitrogens with zero attached hydrogens (tertiary/aromatic N) is 1. The Kier molecular flexibility index (Phi) is 5.94. The van der Waals surface area contributed by atoms with Crippen molar-refractivity contribution in [1.82, 2.24) is 4.90 Å². The summed E-state index contributed by atoms with van der Waals surface area (Å²) in [6, 6.07) is 18.1. The minimum Gasteiger partial charge on any atom is -0.383 e. The number of fused-ring (bicyclic) bond motifs is 1. The molecule has 2 aromatic rings. The minimum absolute atomic E-state index is 0.0664. The highest BCUT2D eigenvalue weighted by Crippen LogP contribution is 2.41. The number of anilines is 1. The molecule has 0 spiro atoms. The van der Waals surface area contributed by atoms with Crippen LogP contribution in [0.25, 0.3) is 0 Å². The van der Waals surface area contributed by atoms with Gasteiger partial charge in [-0.25, -0.2) is 0 Å². The van der Waals surface area contributed by atoms with Crippen molar-refractivity contribution in [3.63, 3.8) is 0 Å². The normalized spacial score (nSPS) is 19.2. The maximum Gasteiger partial charge on any atom is 0.258 e. The number of hydrogen-bond acceptors (Lipinski definition) is 3. The molecule has 0 radical (unpaired) electrons. The monoisotopic (exact) mass is 352 g/mol. The van der Waals surface area contributed by atoms with Crippen LogP contribution in [0.4, 0.5) is 5.69 Å². The lowest BCUT2D eigenvalue weighted by Gasteiger charge is -2.49. The molecule has 4 nitrogen and oxygen atoms in total. The van der Waals surface area contributed by atoms with Crippen LogP contribution in [-0.4, -0.2) is 31.1 Å². The van der Waals surface area contributed by atoms with Gasteiger partial charge in [0, 0.05) is 19.3 Å². The van der Waals surface area contributed by atoms with E-state index in [0.717, 1.165) is 42.5 Å². The molecule has 0 aromatic heterocycles. The molecule has 1 amide bonds. The van der Waals surface area contributed by atoms with Gasteiger partial charge >= 0.3 is 0 Å². The highest BCUT2D eigenvalue weighted by Gasteiger charge is 2.45. The van der Waals surface area contributed by atoms with Crippen LogP contribution in [0, 0.1) is 0 Å². The highest BCUT2D eigenvalue weighted by molar-refractivity contribution is 6.02. The molecular weight excluding hydrogens is 324 g/mol. The number of carbonyl (C=O) groups excluding carboxylic acids is 1. The quantitative estimate of drug-likeness (QED) is 0.704. The first-order chi connectivity index (χ1) is 12.7. The topological polar surface area (TPSA) is 41.6 Å². The van der Waals surface area contributed by atoms with Crippen LogP contribution in [0.3, 0.4) is 0 Å². The second-order valence-electron chi connectivity index (χ2n) is 6.80. The number of benzene rings is 2. The smallest absolute Gasteiger partial charge is 0.258 e. The third-order valence-electron chi connectivity index (χ3n) is 5.12. The zero-order chi connectivity index (χ0) is 18.4. The first-order valence-corrected chi connectivity index (χ1v) is 9.46. The Morgan fingerprint density at radius 2 is 1.77 bits per heavy atom. The fourth-order valence-corrected chi connectivity index (χ4v) is 3.78. The summed E-state index contributed by atoms with van der Waals surface area (Å²) in [6.45, 7) is 3.27. The summed E-state index contributed by atoms with van der Waals surface area (Å²) in [5.41, 5.74) is 2.22. The molecule has 2 aromatic carbocycles. The molecule has 0 saturated carbocycles. The number of nitrogens with one attached hydrogen (secondary N) is 1. The van der Waals surface area contributed by atoms with Gasteiger partial charge in [0.15, 0.2) is 0 Å². The fraction of sp³-hybridized carbons (Fsp3) is 0.409. The second-order valence-corrected chi connectivity index (χ2v) is 6.80. The van der Waals surface area contributed by atoms with Crippen LogP contribution >= 0.6 is 0 Å². The molecule has 1 heterocycles. The summed E-state index contributed by atoms with van der Waals surface area (Å²) < 4.78 is 5.31. The van der Waals surface area contributed by atoms with Crippen molar-refractivity contribution in [2.75, 3.05) is 25.6 Å². The lowest BCUT2D eigenvalue weighted by Crippen LogP contribution is -2.58. The number of hydrogen-bond donors (Lipinski definition) is 1. The predicted molar refractivity (Wildman–Crippen MR) is 105 cm³/mol. The Balaban J connectivity index is 2.09. The van der Waals surface area contributed by atoms with Crippen LogP contribution in [0.2, 0.25) is 0 Å². The number of unbranched alkanes of at least 4 members (excludes halogenated alkanes) is 2. The zero-order valence-corrected chi connectivity index (χ0v) is 15.7. The standard InChI is InChI=1S/C22H28N2O2/c1-3-4-10-15-22(18-11-6-5-7-12-18)23-20-14-9-8-13-19(20)21(25)24(22)16-17-26-2/h5-9,11-14,23H,3-4,10,15-17H2,1-2H3. The van der Waals surface area contributed by atoms with Crippen molar-refractivity contribution < 1.29 is 9.53 Å². The van der Waals surface area contributed by atoms with Crippen molar-refractivity contribution in [3.8, 4) is 0 Å². The molecule has 0 bridgehead atoms. The van der Waals surface area contributed by atoms with Gasteiger partial charge < -0.3 is 15.0 Å². The predicted octanol–water partition coefficient (Wildman–Crippen LogP) is 4.63. The van der Waals surface area contributed by atoms with E-state index < -0.39 is 5.66 Å². The molecule has 1 atom stereocenters. The molecule has 4 heteroatoms. The highest BCUT2D eigenvalue weighted by atomic mass is 16.5. The molecule has 0 fully saturated rings. The summed E-state index contributed by atoms with van der Waals surface area (Å²) in [4.78, 5) is 15.3. The molecule has 1 N–H and O–H groups in total. The van der Waals surface area contributed by atoms with Gasteiger partial charge in [0.05, 0.1) is 12.2 Å². The number of amides is 1. The van der Waals surface area contributed by atoms with E-state index in [9.17, 15) is 4.79 Å². The number of methoxy groups -OCH3 is 1. The number of para-hydroxylation sites is 1. The number of ether oxygens (including phenoxy) is 1. The Morgan fingerprint density at radius 1 is 1.04 bits per heavy atom. The van der Waals surface area contributed by atoms with Crippen LogP contribution in [0.1, 0.15) is 48.5 Å². The molecule has 1 unspecified atom stereocenters. The average Bonchev–Trinajstić information content (AvgIpc) is 2.68. The van der Waals surface area contributed by atoms with E-state index in [2.05, 4.69) is 24.4 Å². The molecule has 138 valence electrons. The largest absolute Gasteiger partial charge is 0.383 e. The van der Waals surface area contributed by atoms with E-state index >= 15 is 0 Å². The summed E-state index contributed by atoms with van der Waals surface area (Å²) >= 11 is 0. The van der Waals surface area contributed by atoms with Crippen LogP contribution in [-0.2, 0) is 10.4 Å². The summed E-state index contributed by atoms with van der Waals surface area (Å²) in [5, 5.41) is 3.72. The van der Waals surface area contributed by atoms with Gasteiger partial charge in [0.2, 0.25) is 0 Å². The van der Waals surface area contributed by atoms with Gasteiger partial charge in [0.1, 0.15) is 5.66 Å². The Hall–Kier alpha value is -2.33. The second kappa shape index (κ2) is 8.37. The van der Waals surface area contributed by atoms with E-state index in [1.807, 2.05) is 47.4 Å². The summed E-state index contributed by atoms with van der Waals surface area (Å²) in [6.07, 6.45) is 4.21. The van der Waals surface area contributed by atoms with Gasteiger partial charge in [-0.2, -0.15) is 0 Å². The Morgan fingerprint density at radius 3 is 2.50 bits per heavy atom. The van der Waals surface area contributed by atoms with Gasteiger partial charge in [-0.1, -0.05) is 62.2 Å². The molecule has 1 aliphatic heterocycles. The van der Waals surface area contributed by atoms with Gasteiger partial charge in [-0.05, 0) is 30.5 Å². The van der Waals surface area contributed by atoms with Crippen LogP contribution < -0.4 is 5.32 Å². The first-order valence-electron chi connectivity index (χ1n) is 9.46. The van der Waals surface area contributed by atoms with Gasteiger partial charge in [-0.3, -0.25) is 4.79 Å². The molecule has 1 aliphatic rings. The average molecular weight is 352 g/mol. The summed E-state index contributed by atoms with van der Waals surface area (Å²) in [5.74, 6) is 0.0664. The van der Waals surface area contributed by atoms with Crippen molar-refractivity contribution >= 4 is 11.6 Å². The lowest BCUT2D eigenvalue weighted by atomic mass is 9.87. The molecule has 0 aliphatic carbocycles. The first kappa shape index (κ1) is 18.5. The van der Waals surface area contributed by atoms with Crippen molar-refractivity contribution in [3.05, 3.63) is 65.7 Å². The van der Waals surface area contributed by atoms with E-state index in [1.54, 1.807) is 7.11 Å². The Bertz CT molecular complexity index is 732. The molecule has 26 heavy (non-hydrogen) atoms.